The lowest BCUT2D eigenvalue weighted by atomic mass is 10.2. The summed E-state index contributed by atoms with van der Waals surface area (Å²) >= 11 is 1.49. The van der Waals surface area contributed by atoms with Crippen molar-refractivity contribution in [1.82, 2.24) is 14.9 Å². The van der Waals surface area contributed by atoms with Crippen LogP contribution >= 0.6 is 11.8 Å². The van der Waals surface area contributed by atoms with Crippen LogP contribution < -0.4 is 4.90 Å². The van der Waals surface area contributed by atoms with E-state index in [9.17, 15) is 5.26 Å². The van der Waals surface area contributed by atoms with Crippen LogP contribution in [0, 0.1) is 11.3 Å². The van der Waals surface area contributed by atoms with Gasteiger partial charge in [-0.05, 0) is 11.8 Å². The van der Waals surface area contributed by atoms with Gasteiger partial charge in [-0.1, -0.05) is 30.3 Å². The van der Waals surface area contributed by atoms with E-state index in [4.69, 9.17) is 0 Å². The molecule has 1 aliphatic rings. The highest BCUT2D eigenvalue weighted by atomic mass is 32.2. The van der Waals surface area contributed by atoms with Gasteiger partial charge in [-0.3, -0.25) is 4.90 Å². The van der Waals surface area contributed by atoms with Crippen LogP contribution in [0.15, 0.2) is 41.7 Å². The number of hydrogen-bond donors (Lipinski definition) is 0. The molecule has 1 aromatic heterocycles. The maximum absolute atomic E-state index is 9.43. The summed E-state index contributed by atoms with van der Waals surface area (Å²) in [6.45, 7) is 4.68. The Morgan fingerprint density at radius 2 is 1.87 bits per heavy atom. The lowest BCUT2D eigenvalue weighted by molar-refractivity contribution is 0.249. The Kier molecular flexibility index (Phi) is 5.11. The Labute approximate surface area is 141 Å². The number of nitriles is 1. The molecule has 0 spiro atoms. The van der Waals surface area contributed by atoms with Crippen molar-refractivity contribution >= 4 is 17.6 Å². The van der Waals surface area contributed by atoms with Gasteiger partial charge in [0.05, 0.1) is 0 Å². The minimum Gasteiger partial charge on any atom is -0.353 e. The molecule has 0 aliphatic carbocycles. The summed E-state index contributed by atoms with van der Waals surface area (Å²) < 4.78 is 0. The molecule has 1 fully saturated rings. The van der Waals surface area contributed by atoms with Crippen LogP contribution in [0.1, 0.15) is 11.1 Å². The molecule has 1 aromatic carbocycles. The molecule has 1 saturated heterocycles. The van der Waals surface area contributed by atoms with Crippen LogP contribution in [0.3, 0.4) is 0 Å². The Balaban J connectivity index is 1.67. The molecule has 0 unspecified atom stereocenters. The van der Waals surface area contributed by atoms with Crippen LogP contribution in [0.4, 0.5) is 5.82 Å². The molecular weight excluding hydrogens is 306 g/mol. The van der Waals surface area contributed by atoms with Gasteiger partial charge >= 0.3 is 0 Å². The predicted octanol–water partition coefficient (Wildman–Crippen LogP) is 2.39. The van der Waals surface area contributed by atoms with E-state index >= 15 is 0 Å². The van der Waals surface area contributed by atoms with Crippen LogP contribution in [0.5, 0.6) is 0 Å². The molecule has 1 aliphatic heterocycles. The molecule has 0 atom stereocenters. The Morgan fingerprint density at radius 1 is 1.13 bits per heavy atom. The number of hydrogen-bond acceptors (Lipinski definition) is 6. The highest BCUT2D eigenvalue weighted by molar-refractivity contribution is 7.98. The fourth-order valence-corrected chi connectivity index (χ4v) is 3.31. The second-order valence-corrected chi connectivity index (χ2v) is 6.24. The molecule has 2 heterocycles. The Bertz CT molecular complexity index is 690. The van der Waals surface area contributed by atoms with E-state index in [0.717, 1.165) is 43.6 Å². The molecule has 5 nitrogen and oxygen atoms in total. The molecule has 0 radical (unpaired) electrons. The minimum absolute atomic E-state index is 0.594. The van der Waals surface area contributed by atoms with Gasteiger partial charge in [-0.25, -0.2) is 9.97 Å². The fourth-order valence-electron chi connectivity index (χ4n) is 2.81. The zero-order chi connectivity index (χ0) is 16.1. The first-order valence-corrected chi connectivity index (χ1v) is 8.84. The number of benzene rings is 1. The average molecular weight is 325 g/mol. The van der Waals surface area contributed by atoms with Crippen molar-refractivity contribution in [1.29, 1.82) is 5.26 Å². The maximum atomic E-state index is 9.43. The maximum Gasteiger partial charge on any atom is 0.151 e. The van der Waals surface area contributed by atoms with Crippen molar-refractivity contribution in [3.8, 4) is 6.07 Å². The third-order valence-electron chi connectivity index (χ3n) is 4.02. The van der Waals surface area contributed by atoms with Crippen molar-refractivity contribution in [2.75, 3.05) is 37.3 Å². The van der Waals surface area contributed by atoms with Gasteiger partial charge in [-0.15, -0.1) is 11.8 Å². The summed E-state index contributed by atoms with van der Waals surface area (Å²) in [5.41, 5.74) is 1.93. The van der Waals surface area contributed by atoms with E-state index in [1.54, 1.807) is 6.33 Å². The van der Waals surface area contributed by atoms with E-state index in [0.29, 0.717) is 5.56 Å². The third-order valence-corrected chi connectivity index (χ3v) is 4.71. The van der Waals surface area contributed by atoms with Gasteiger partial charge in [0.15, 0.2) is 5.82 Å². The molecule has 23 heavy (non-hydrogen) atoms. The smallest absolute Gasteiger partial charge is 0.151 e. The molecule has 118 valence electrons. The third kappa shape index (κ3) is 3.63. The molecule has 6 heteroatoms. The SMILES string of the molecule is CSc1ncnc(N2CCN(Cc3ccccc3)CC2)c1C#N. The molecule has 0 N–H and O–H groups in total. The summed E-state index contributed by atoms with van der Waals surface area (Å²) in [4.78, 5) is 13.2. The normalized spacial score (nSPS) is 15.4. The molecule has 0 saturated carbocycles. The highest BCUT2D eigenvalue weighted by Crippen LogP contribution is 2.25. The largest absolute Gasteiger partial charge is 0.353 e. The van der Waals surface area contributed by atoms with Gasteiger partial charge in [0, 0.05) is 32.7 Å². The van der Waals surface area contributed by atoms with Crippen molar-refractivity contribution in [3.63, 3.8) is 0 Å². The summed E-state index contributed by atoms with van der Waals surface area (Å²) in [7, 11) is 0. The fraction of sp³-hybridized carbons (Fsp3) is 0.353. The monoisotopic (exact) mass is 325 g/mol. The van der Waals surface area contributed by atoms with Crippen LogP contribution in [-0.4, -0.2) is 47.3 Å². The number of anilines is 1. The van der Waals surface area contributed by atoms with Gasteiger partial charge in [0.2, 0.25) is 0 Å². The van der Waals surface area contributed by atoms with E-state index in [2.05, 4.69) is 50.1 Å². The molecule has 2 aromatic rings. The number of nitrogens with zero attached hydrogens (tertiary/aromatic N) is 5. The average Bonchev–Trinajstić information content (AvgIpc) is 2.62. The minimum atomic E-state index is 0.594. The van der Waals surface area contributed by atoms with Crippen molar-refractivity contribution in [3.05, 3.63) is 47.8 Å². The summed E-state index contributed by atoms with van der Waals surface area (Å²) in [6.07, 6.45) is 3.49. The lowest BCUT2D eigenvalue weighted by Gasteiger charge is -2.35. The van der Waals surface area contributed by atoms with Gasteiger partial charge in [0.25, 0.3) is 0 Å². The van der Waals surface area contributed by atoms with E-state index in [1.165, 1.54) is 17.3 Å². The van der Waals surface area contributed by atoms with Crippen molar-refractivity contribution in [2.24, 2.45) is 0 Å². The van der Waals surface area contributed by atoms with E-state index < -0.39 is 0 Å². The number of piperazine rings is 1. The second kappa shape index (κ2) is 7.44. The van der Waals surface area contributed by atoms with Gasteiger partial charge < -0.3 is 4.90 Å². The van der Waals surface area contributed by atoms with Crippen molar-refractivity contribution in [2.45, 2.75) is 11.6 Å². The second-order valence-electron chi connectivity index (χ2n) is 5.44. The first-order chi connectivity index (χ1) is 11.3. The quantitative estimate of drug-likeness (QED) is 0.635. The molecule has 0 amide bonds. The zero-order valence-corrected chi connectivity index (χ0v) is 14.0. The van der Waals surface area contributed by atoms with Gasteiger partial charge in [0.1, 0.15) is 23.0 Å². The molecule has 0 bridgehead atoms. The summed E-state index contributed by atoms with van der Waals surface area (Å²) in [5.74, 6) is 0.770. The van der Waals surface area contributed by atoms with Crippen molar-refractivity contribution < 1.29 is 0 Å². The number of thioether (sulfide) groups is 1. The number of rotatable bonds is 4. The molecule has 3 rings (SSSR count). The first kappa shape index (κ1) is 15.8. The van der Waals surface area contributed by atoms with Gasteiger partial charge in [-0.2, -0.15) is 5.26 Å². The standard InChI is InChI=1S/C17H19N5S/c1-23-17-15(11-18)16(19-13-20-17)22-9-7-21(8-10-22)12-14-5-3-2-4-6-14/h2-6,13H,7-10,12H2,1H3. The van der Waals surface area contributed by atoms with Crippen LogP contribution in [0.2, 0.25) is 0 Å². The topological polar surface area (TPSA) is 56.1 Å². The van der Waals surface area contributed by atoms with E-state index in [-0.39, 0.29) is 0 Å². The van der Waals surface area contributed by atoms with E-state index in [1.807, 2.05) is 12.3 Å². The van der Waals surface area contributed by atoms with Crippen LogP contribution in [-0.2, 0) is 6.54 Å². The summed E-state index contributed by atoms with van der Waals surface area (Å²) in [6, 6.07) is 12.8. The van der Waals surface area contributed by atoms with Crippen LogP contribution in [0.25, 0.3) is 0 Å². The Hall–Kier alpha value is -2.10. The molecular formula is C17H19N5S. The Morgan fingerprint density at radius 3 is 2.52 bits per heavy atom. The first-order valence-electron chi connectivity index (χ1n) is 7.62. The lowest BCUT2D eigenvalue weighted by Crippen LogP contribution is -2.46. The highest BCUT2D eigenvalue weighted by Gasteiger charge is 2.22. The number of aromatic nitrogens is 2. The summed E-state index contributed by atoms with van der Waals surface area (Å²) in [5, 5.41) is 10.2. The zero-order valence-electron chi connectivity index (χ0n) is 13.1. The predicted molar refractivity (Wildman–Crippen MR) is 92.5 cm³/mol.